The number of benzene rings is 1. The zero-order chi connectivity index (χ0) is 12.5. The zero-order valence-corrected chi connectivity index (χ0v) is 9.04. The Kier molecular flexibility index (Phi) is 3.46. The summed E-state index contributed by atoms with van der Waals surface area (Å²) in [5, 5.41) is 29.6. The first-order valence-electron chi connectivity index (χ1n) is 4.76. The van der Waals surface area contributed by atoms with Crippen LogP contribution in [0.1, 0.15) is 24.1 Å². The molecule has 6 nitrogen and oxygen atoms in total. The van der Waals surface area contributed by atoms with Gasteiger partial charge in [0.15, 0.2) is 5.75 Å². The molecule has 0 bridgehead atoms. The van der Waals surface area contributed by atoms with Crippen molar-refractivity contribution in [2.45, 2.75) is 26.0 Å². The van der Waals surface area contributed by atoms with Crippen molar-refractivity contribution in [3.63, 3.8) is 0 Å². The van der Waals surface area contributed by atoms with Gasteiger partial charge in [-0.05, 0) is 19.4 Å². The summed E-state index contributed by atoms with van der Waals surface area (Å²) in [5.41, 5.74) is 6.04. The Morgan fingerprint density at radius 1 is 1.50 bits per heavy atom. The number of phenols is 1. The Morgan fingerprint density at radius 3 is 2.50 bits per heavy atom. The van der Waals surface area contributed by atoms with Gasteiger partial charge in [0.25, 0.3) is 0 Å². The molecule has 0 amide bonds. The van der Waals surface area contributed by atoms with Gasteiger partial charge in [-0.2, -0.15) is 0 Å². The van der Waals surface area contributed by atoms with Gasteiger partial charge in [-0.15, -0.1) is 0 Å². The lowest BCUT2D eigenvalue weighted by molar-refractivity contribution is -0.386. The third-order valence-corrected chi connectivity index (χ3v) is 2.34. The number of hydrogen-bond acceptors (Lipinski definition) is 5. The van der Waals surface area contributed by atoms with Crippen molar-refractivity contribution in [2.75, 3.05) is 0 Å². The summed E-state index contributed by atoms with van der Waals surface area (Å²) >= 11 is 0. The highest BCUT2D eigenvalue weighted by atomic mass is 16.6. The number of nitrogens with two attached hydrogens (primary N) is 1. The van der Waals surface area contributed by atoms with E-state index >= 15 is 0 Å². The second kappa shape index (κ2) is 4.46. The number of hydrogen-bond donors (Lipinski definition) is 3. The van der Waals surface area contributed by atoms with E-state index in [9.17, 15) is 20.3 Å². The second-order valence-corrected chi connectivity index (χ2v) is 3.75. The molecule has 4 N–H and O–H groups in total. The summed E-state index contributed by atoms with van der Waals surface area (Å²) in [7, 11) is 0. The largest absolute Gasteiger partial charge is 0.502 e. The van der Waals surface area contributed by atoms with Gasteiger partial charge in [0.2, 0.25) is 0 Å². The van der Waals surface area contributed by atoms with Gasteiger partial charge in [-0.1, -0.05) is 6.07 Å². The van der Waals surface area contributed by atoms with Crippen molar-refractivity contribution in [3.05, 3.63) is 33.4 Å². The molecule has 1 rings (SSSR count). The molecule has 0 saturated carbocycles. The maximum absolute atomic E-state index is 10.7. The van der Waals surface area contributed by atoms with Crippen LogP contribution in [0.3, 0.4) is 0 Å². The minimum atomic E-state index is -0.896. The number of nitro groups is 1. The van der Waals surface area contributed by atoms with E-state index in [0.717, 1.165) is 0 Å². The number of rotatable bonds is 3. The standard InChI is InChI=1S/C10H14N2O4/c1-5-3-7(9(11)6(2)13)10(14)8(4-5)12(15)16/h3-4,6,9,13-14H,11H2,1-2H3/t6-,9-/m1/s1. The topological polar surface area (TPSA) is 110 Å². The number of aromatic hydroxyl groups is 1. The zero-order valence-electron chi connectivity index (χ0n) is 9.04. The molecule has 0 heterocycles. The van der Waals surface area contributed by atoms with E-state index in [1.807, 2.05) is 0 Å². The van der Waals surface area contributed by atoms with Gasteiger partial charge in [0.05, 0.1) is 17.1 Å². The lowest BCUT2D eigenvalue weighted by atomic mass is 9.99. The first-order valence-corrected chi connectivity index (χ1v) is 4.76. The molecule has 0 spiro atoms. The number of nitrogens with zero attached hydrogens (tertiary/aromatic N) is 1. The molecule has 0 aliphatic heterocycles. The highest BCUT2D eigenvalue weighted by Gasteiger charge is 2.23. The monoisotopic (exact) mass is 226 g/mol. The first kappa shape index (κ1) is 12.4. The quantitative estimate of drug-likeness (QED) is 0.526. The van der Waals surface area contributed by atoms with Crippen LogP contribution in [0.4, 0.5) is 5.69 Å². The molecular formula is C10H14N2O4. The predicted octanol–water partition coefficient (Wildman–Crippen LogP) is 0.989. The lowest BCUT2D eigenvalue weighted by Gasteiger charge is -2.16. The fourth-order valence-corrected chi connectivity index (χ4v) is 1.44. The van der Waals surface area contributed by atoms with Gasteiger partial charge < -0.3 is 15.9 Å². The first-order chi connectivity index (χ1) is 7.34. The molecule has 1 aromatic rings. The normalized spacial score (nSPS) is 14.5. The van der Waals surface area contributed by atoms with Crippen LogP contribution in [0, 0.1) is 17.0 Å². The summed E-state index contributed by atoms with van der Waals surface area (Å²) in [6, 6.07) is 1.94. The number of nitro benzene ring substituents is 1. The Balaban J connectivity index is 3.35. The minimum Gasteiger partial charge on any atom is -0.502 e. The van der Waals surface area contributed by atoms with E-state index in [2.05, 4.69) is 0 Å². The Labute approximate surface area is 92.5 Å². The molecule has 1 aromatic carbocycles. The number of aliphatic hydroxyl groups excluding tert-OH is 1. The van der Waals surface area contributed by atoms with Gasteiger partial charge in [-0.25, -0.2) is 0 Å². The van der Waals surface area contributed by atoms with Gasteiger partial charge in [0.1, 0.15) is 0 Å². The predicted molar refractivity (Wildman–Crippen MR) is 58.1 cm³/mol. The second-order valence-electron chi connectivity index (χ2n) is 3.75. The van der Waals surface area contributed by atoms with Crippen molar-refractivity contribution in [1.29, 1.82) is 0 Å². The highest BCUT2D eigenvalue weighted by Crippen LogP contribution is 2.34. The smallest absolute Gasteiger partial charge is 0.311 e. The van der Waals surface area contributed by atoms with Crippen LogP contribution in [0.2, 0.25) is 0 Å². The van der Waals surface area contributed by atoms with Crippen LogP contribution in [0.5, 0.6) is 5.75 Å². The Bertz CT molecular complexity index is 418. The summed E-state index contributed by atoms with van der Waals surface area (Å²) in [5.74, 6) is -0.482. The average Bonchev–Trinajstić information content (AvgIpc) is 2.19. The lowest BCUT2D eigenvalue weighted by Crippen LogP contribution is -2.23. The molecule has 0 saturated heterocycles. The van der Waals surface area contributed by atoms with Gasteiger partial charge in [0, 0.05) is 11.6 Å². The number of aliphatic hydroxyl groups is 1. The molecule has 16 heavy (non-hydrogen) atoms. The van der Waals surface area contributed by atoms with Crippen molar-refractivity contribution in [3.8, 4) is 5.75 Å². The third-order valence-electron chi connectivity index (χ3n) is 2.34. The molecule has 0 aromatic heterocycles. The maximum Gasteiger partial charge on any atom is 0.311 e. The van der Waals surface area contributed by atoms with Crippen molar-refractivity contribution >= 4 is 5.69 Å². The van der Waals surface area contributed by atoms with Crippen LogP contribution < -0.4 is 5.73 Å². The van der Waals surface area contributed by atoms with Crippen molar-refractivity contribution < 1.29 is 15.1 Å². The SMILES string of the molecule is Cc1cc([C@H](N)[C@@H](C)O)c(O)c([N+](=O)[O-])c1. The molecule has 6 heteroatoms. The fraction of sp³-hybridized carbons (Fsp3) is 0.400. The van der Waals surface area contributed by atoms with Crippen LogP contribution in [0.25, 0.3) is 0 Å². The van der Waals surface area contributed by atoms with Crippen LogP contribution >= 0.6 is 0 Å². The van der Waals surface area contributed by atoms with E-state index in [-0.39, 0.29) is 5.56 Å². The molecule has 0 unspecified atom stereocenters. The number of aryl methyl sites for hydroxylation is 1. The summed E-state index contributed by atoms with van der Waals surface area (Å²) < 4.78 is 0. The minimum absolute atomic E-state index is 0.182. The van der Waals surface area contributed by atoms with E-state index in [1.165, 1.54) is 19.1 Å². The van der Waals surface area contributed by atoms with Crippen molar-refractivity contribution in [2.24, 2.45) is 5.73 Å². The van der Waals surface area contributed by atoms with Crippen LogP contribution in [-0.2, 0) is 0 Å². The number of phenolic OH excluding ortho intramolecular Hbond substituents is 1. The van der Waals surface area contributed by atoms with Gasteiger partial charge in [-0.3, -0.25) is 10.1 Å². The summed E-state index contributed by atoms with van der Waals surface area (Å²) in [6.07, 6.45) is -0.896. The van der Waals surface area contributed by atoms with E-state index in [0.29, 0.717) is 5.56 Å². The third kappa shape index (κ3) is 2.29. The summed E-state index contributed by atoms with van der Waals surface area (Å²) in [4.78, 5) is 9.98. The molecule has 0 fully saturated rings. The fourth-order valence-electron chi connectivity index (χ4n) is 1.44. The molecule has 0 aliphatic carbocycles. The van der Waals surface area contributed by atoms with Crippen LogP contribution in [-0.4, -0.2) is 21.2 Å². The molecular weight excluding hydrogens is 212 g/mol. The van der Waals surface area contributed by atoms with Crippen LogP contribution in [0.15, 0.2) is 12.1 Å². The van der Waals surface area contributed by atoms with Crippen molar-refractivity contribution in [1.82, 2.24) is 0 Å². The van der Waals surface area contributed by atoms with E-state index < -0.39 is 28.5 Å². The average molecular weight is 226 g/mol. The Hall–Kier alpha value is -1.66. The van der Waals surface area contributed by atoms with E-state index in [1.54, 1.807) is 6.92 Å². The molecule has 2 atom stereocenters. The van der Waals surface area contributed by atoms with Gasteiger partial charge >= 0.3 is 5.69 Å². The molecule has 88 valence electrons. The Morgan fingerprint density at radius 2 is 2.06 bits per heavy atom. The maximum atomic E-state index is 10.7. The summed E-state index contributed by atoms with van der Waals surface area (Å²) in [6.45, 7) is 3.11. The highest BCUT2D eigenvalue weighted by molar-refractivity contribution is 5.54. The van der Waals surface area contributed by atoms with E-state index in [4.69, 9.17) is 5.73 Å². The molecule has 0 radical (unpaired) electrons. The molecule has 0 aliphatic rings.